The lowest BCUT2D eigenvalue weighted by Crippen LogP contribution is -2.31. The second-order valence-corrected chi connectivity index (χ2v) is 7.95. The highest BCUT2D eigenvalue weighted by molar-refractivity contribution is 8.03. The van der Waals surface area contributed by atoms with E-state index in [1.807, 2.05) is 30.3 Å². The van der Waals surface area contributed by atoms with Crippen molar-refractivity contribution < 1.29 is 23.5 Å². The fraction of sp³-hybridized carbons (Fsp3) is 0.120. The number of ether oxygens (including phenoxy) is 2. The number of amides is 2. The summed E-state index contributed by atoms with van der Waals surface area (Å²) in [5, 5.41) is 0. The fourth-order valence-electron chi connectivity index (χ4n) is 3.43. The van der Waals surface area contributed by atoms with Crippen LogP contribution in [0.15, 0.2) is 77.7 Å². The van der Waals surface area contributed by atoms with E-state index in [0.29, 0.717) is 33.4 Å². The molecule has 162 valence electrons. The molecule has 1 aliphatic heterocycles. The number of carbonyl (C=O) groups excluding carboxylic acids is 2. The Morgan fingerprint density at radius 2 is 1.59 bits per heavy atom. The number of rotatable bonds is 7. The van der Waals surface area contributed by atoms with E-state index in [-0.39, 0.29) is 5.57 Å². The van der Waals surface area contributed by atoms with Gasteiger partial charge in [0, 0.05) is 11.8 Å². The number of hydrogen-bond acceptors (Lipinski definition) is 5. The minimum Gasteiger partial charge on any atom is -0.497 e. The van der Waals surface area contributed by atoms with Crippen molar-refractivity contribution in [3.63, 3.8) is 0 Å². The summed E-state index contributed by atoms with van der Waals surface area (Å²) >= 11 is 1.28. The minimum atomic E-state index is -0.486. The molecule has 0 saturated carbocycles. The Hall–Kier alpha value is -3.58. The molecule has 0 radical (unpaired) electrons. The van der Waals surface area contributed by atoms with Gasteiger partial charge < -0.3 is 9.47 Å². The van der Waals surface area contributed by atoms with E-state index in [9.17, 15) is 14.0 Å². The lowest BCUT2D eigenvalue weighted by molar-refractivity contribution is -0.119. The predicted octanol–water partition coefficient (Wildman–Crippen LogP) is 5.06. The fourth-order valence-corrected chi connectivity index (χ4v) is 4.50. The molecule has 1 heterocycles. The third-order valence-corrected chi connectivity index (χ3v) is 6.17. The molecule has 0 fully saturated rings. The number of benzene rings is 3. The van der Waals surface area contributed by atoms with Crippen LogP contribution in [0.2, 0.25) is 0 Å². The average Bonchev–Trinajstić information content (AvgIpc) is 3.07. The molecular formula is C25H20FNO4S. The van der Waals surface area contributed by atoms with E-state index in [2.05, 4.69) is 0 Å². The summed E-state index contributed by atoms with van der Waals surface area (Å²) in [6.07, 6.45) is 0. The molecule has 2 amide bonds. The summed E-state index contributed by atoms with van der Waals surface area (Å²) in [5.41, 5.74) is 2.06. The van der Waals surface area contributed by atoms with Crippen molar-refractivity contribution in [3.05, 3.63) is 94.6 Å². The van der Waals surface area contributed by atoms with E-state index >= 15 is 0 Å². The van der Waals surface area contributed by atoms with Crippen LogP contribution in [0.3, 0.4) is 0 Å². The van der Waals surface area contributed by atoms with Gasteiger partial charge >= 0.3 is 0 Å². The minimum absolute atomic E-state index is 0.244. The Bertz CT molecular complexity index is 1190. The first-order valence-corrected chi connectivity index (χ1v) is 10.8. The molecule has 0 saturated heterocycles. The Balaban J connectivity index is 1.77. The maximum absolute atomic E-state index is 13.5. The number of halogens is 1. The Morgan fingerprint density at radius 3 is 2.25 bits per heavy atom. The number of thioether (sulfide) groups is 1. The highest BCUT2D eigenvalue weighted by Gasteiger charge is 2.41. The first kappa shape index (κ1) is 21.6. The molecule has 32 heavy (non-hydrogen) atoms. The molecule has 1 aliphatic rings. The molecule has 5 nitrogen and oxygen atoms in total. The Labute approximate surface area is 189 Å². The smallest absolute Gasteiger partial charge is 0.272 e. The summed E-state index contributed by atoms with van der Waals surface area (Å²) in [7, 11) is 2.98. The Morgan fingerprint density at radius 1 is 0.875 bits per heavy atom. The van der Waals surface area contributed by atoms with E-state index in [0.717, 1.165) is 10.5 Å². The number of nitrogens with zero attached hydrogens (tertiary/aromatic N) is 1. The van der Waals surface area contributed by atoms with Crippen LogP contribution in [0.4, 0.5) is 10.1 Å². The lowest BCUT2D eigenvalue weighted by Gasteiger charge is -2.19. The van der Waals surface area contributed by atoms with Gasteiger partial charge in [-0.05, 0) is 35.4 Å². The molecule has 0 bridgehead atoms. The van der Waals surface area contributed by atoms with Gasteiger partial charge in [-0.2, -0.15) is 0 Å². The number of methoxy groups -OCH3 is 2. The van der Waals surface area contributed by atoms with Crippen LogP contribution in [0.5, 0.6) is 11.5 Å². The van der Waals surface area contributed by atoms with Crippen LogP contribution >= 0.6 is 11.8 Å². The standard InChI is InChI=1S/C25H20FNO4S/c1-30-19-12-13-20(21(14-19)31-2)27-24(28)22(17-8-10-18(26)11-9-17)23(25(27)29)32-15-16-6-4-3-5-7-16/h3-14H,15H2,1-2H3. The quantitative estimate of drug-likeness (QED) is 0.472. The van der Waals surface area contributed by atoms with Crippen LogP contribution in [0.1, 0.15) is 11.1 Å². The highest BCUT2D eigenvalue weighted by atomic mass is 32.2. The second kappa shape index (κ2) is 9.28. The van der Waals surface area contributed by atoms with Crippen LogP contribution in [-0.4, -0.2) is 26.0 Å². The number of imide groups is 1. The maximum atomic E-state index is 13.5. The van der Waals surface area contributed by atoms with Gasteiger partial charge in [-0.1, -0.05) is 42.5 Å². The van der Waals surface area contributed by atoms with Gasteiger partial charge in [-0.25, -0.2) is 9.29 Å². The second-order valence-electron chi connectivity index (χ2n) is 6.97. The topological polar surface area (TPSA) is 55.8 Å². The molecular weight excluding hydrogens is 429 g/mol. The van der Waals surface area contributed by atoms with Gasteiger partial charge in [0.15, 0.2) is 0 Å². The molecule has 3 aromatic carbocycles. The molecule has 0 aliphatic carbocycles. The first-order chi connectivity index (χ1) is 15.5. The summed E-state index contributed by atoms with van der Waals surface area (Å²) in [5.74, 6) is 0.0274. The van der Waals surface area contributed by atoms with Gasteiger partial charge in [-0.3, -0.25) is 9.59 Å². The summed E-state index contributed by atoms with van der Waals surface area (Å²) in [6.45, 7) is 0. The van der Waals surface area contributed by atoms with Crippen molar-refractivity contribution >= 4 is 34.8 Å². The Kier molecular flexibility index (Phi) is 6.28. The third-order valence-electron chi connectivity index (χ3n) is 5.03. The summed E-state index contributed by atoms with van der Waals surface area (Å²) in [6, 6.07) is 20.1. The van der Waals surface area contributed by atoms with Crippen LogP contribution in [-0.2, 0) is 15.3 Å². The van der Waals surface area contributed by atoms with Crippen molar-refractivity contribution in [2.45, 2.75) is 5.75 Å². The van der Waals surface area contributed by atoms with Crippen LogP contribution < -0.4 is 14.4 Å². The molecule has 4 rings (SSSR count). The lowest BCUT2D eigenvalue weighted by atomic mass is 10.1. The van der Waals surface area contributed by atoms with Gasteiger partial charge in [0.05, 0.1) is 30.4 Å². The SMILES string of the molecule is COc1ccc(N2C(=O)C(SCc3ccccc3)=C(c3ccc(F)cc3)C2=O)c(OC)c1. The third kappa shape index (κ3) is 4.11. The predicted molar refractivity (Wildman–Crippen MR) is 123 cm³/mol. The molecule has 3 aromatic rings. The highest BCUT2D eigenvalue weighted by Crippen LogP contribution is 2.43. The molecule has 0 unspecified atom stereocenters. The number of anilines is 1. The van der Waals surface area contributed by atoms with Gasteiger partial charge in [0.2, 0.25) is 0 Å². The number of carbonyl (C=O) groups is 2. The van der Waals surface area contributed by atoms with Crippen molar-refractivity contribution in [1.82, 2.24) is 0 Å². The van der Waals surface area contributed by atoms with Gasteiger partial charge in [0.25, 0.3) is 11.8 Å². The van der Waals surface area contributed by atoms with E-state index in [1.54, 1.807) is 18.2 Å². The van der Waals surface area contributed by atoms with E-state index in [1.165, 1.54) is 50.2 Å². The average molecular weight is 450 g/mol. The van der Waals surface area contributed by atoms with Gasteiger partial charge in [0.1, 0.15) is 17.3 Å². The molecule has 7 heteroatoms. The van der Waals surface area contributed by atoms with Crippen molar-refractivity contribution in [2.24, 2.45) is 0 Å². The normalized spacial score (nSPS) is 13.7. The summed E-state index contributed by atoms with van der Waals surface area (Å²) in [4.78, 5) is 28.4. The maximum Gasteiger partial charge on any atom is 0.272 e. The largest absolute Gasteiger partial charge is 0.497 e. The van der Waals surface area contributed by atoms with Crippen molar-refractivity contribution in [3.8, 4) is 11.5 Å². The zero-order valence-electron chi connectivity index (χ0n) is 17.5. The molecule has 0 atom stereocenters. The monoisotopic (exact) mass is 449 g/mol. The van der Waals surface area contributed by atoms with E-state index < -0.39 is 17.6 Å². The van der Waals surface area contributed by atoms with Crippen molar-refractivity contribution in [2.75, 3.05) is 19.1 Å². The number of hydrogen-bond donors (Lipinski definition) is 0. The van der Waals surface area contributed by atoms with Gasteiger partial charge in [-0.15, -0.1) is 11.8 Å². The molecule has 0 N–H and O–H groups in total. The van der Waals surface area contributed by atoms with Crippen LogP contribution in [0.25, 0.3) is 5.57 Å². The van der Waals surface area contributed by atoms with Crippen molar-refractivity contribution in [1.29, 1.82) is 0 Å². The van der Waals surface area contributed by atoms with E-state index in [4.69, 9.17) is 9.47 Å². The molecule has 0 spiro atoms. The summed E-state index contributed by atoms with van der Waals surface area (Å²) < 4.78 is 24.2. The molecule has 0 aromatic heterocycles. The zero-order valence-corrected chi connectivity index (χ0v) is 18.3. The first-order valence-electron chi connectivity index (χ1n) is 9.81. The van der Waals surface area contributed by atoms with Crippen LogP contribution in [0, 0.1) is 5.82 Å². The zero-order chi connectivity index (χ0) is 22.7.